The van der Waals surface area contributed by atoms with Gasteiger partial charge >= 0.3 is 6.03 Å². The van der Waals surface area contributed by atoms with E-state index >= 15 is 0 Å². The van der Waals surface area contributed by atoms with E-state index in [2.05, 4.69) is 16.0 Å². The third-order valence-corrected chi connectivity index (χ3v) is 6.70. The highest BCUT2D eigenvalue weighted by atomic mass is 32.2. The molecule has 158 valence electrons. The second kappa shape index (κ2) is 8.73. The number of carbonyl (C=O) groups excluding carboxylic acids is 3. The van der Waals surface area contributed by atoms with Gasteiger partial charge in [0.1, 0.15) is 0 Å². The monoisotopic (exact) mass is 419 g/mol. The molecule has 2 aliphatic heterocycles. The van der Waals surface area contributed by atoms with Crippen molar-refractivity contribution in [1.82, 2.24) is 20.4 Å². The number of carbonyl (C=O) groups is 3. The molecule has 0 radical (unpaired) electrons. The molecule has 0 bridgehead atoms. The Morgan fingerprint density at radius 2 is 1.93 bits per heavy atom. The van der Waals surface area contributed by atoms with Gasteiger partial charge in [-0.05, 0) is 31.9 Å². The minimum Gasteiger partial charge on any atom is -0.325 e. The summed E-state index contributed by atoms with van der Waals surface area (Å²) in [7, 11) is 3.19. The molecule has 4 amide bonds. The van der Waals surface area contributed by atoms with Gasteiger partial charge in [0, 0.05) is 19.8 Å². The quantitative estimate of drug-likeness (QED) is 0.673. The van der Waals surface area contributed by atoms with Crippen molar-refractivity contribution in [3.8, 4) is 0 Å². The molecule has 3 N–H and O–H groups in total. The lowest BCUT2D eigenvalue weighted by molar-refractivity contribution is -0.140. The van der Waals surface area contributed by atoms with Crippen LogP contribution in [0.25, 0.3) is 0 Å². The number of hydrogen-bond donors (Lipinski definition) is 3. The Kier molecular flexibility index (Phi) is 6.50. The van der Waals surface area contributed by atoms with Crippen molar-refractivity contribution in [2.24, 2.45) is 5.92 Å². The number of thioether (sulfide) groups is 1. The Morgan fingerprint density at radius 3 is 2.59 bits per heavy atom. The topological polar surface area (TPSA) is 93.8 Å². The summed E-state index contributed by atoms with van der Waals surface area (Å²) in [5.41, 5.74) is 2.95. The number of hydrogen-bond acceptors (Lipinski definition) is 6. The van der Waals surface area contributed by atoms with Gasteiger partial charge in [-0.25, -0.2) is 4.79 Å². The van der Waals surface area contributed by atoms with E-state index in [0.29, 0.717) is 0 Å². The number of nitrogens with zero attached hydrogens (tertiary/aromatic N) is 2. The first-order chi connectivity index (χ1) is 13.7. The molecule has 2 aliphatic rings. The molecule has 4 atom stereocenters. The number of urea groups is 1. The third-order valence-electron chi connectivity index (χ3n) is 5.48. The first kappa shape index (κ1) is 21.6. The molecule has 1 aromatic carbocycles. The van der Waals surface area contributed by atoms with Crippen molar-refractivity contribution >= 4 is 35.3 Å². The first-order valence-electron chi connectivity index (χ1n) is 9.78. The van der Waals surface area contributed by atoms with Crippen LogP contribution in [0, 0.1) is 19.8 Å². The fourth-order valence-corrected chi connectivity index (χ4v) is 4.95. The van der Waals surface area contributed by atoms with E-state index in [1.54, 1.807) is 11.9 Å². The SMILES string of the molecule is CCC1NC(SCC(=O)Nc2ccc(C)cc2C)C2C(=O)N(C)C(=O)N(C)C2N1. The van der Waals surface area contributed by atoms with Crippen molar-refractivity contribution < 1.29 is 14.4 Å². The zero-order valence-corrected chi connectivity index (χ0v) is 18.3. The molecule has 9 heteroatoms. The van der Waals surface area contributed by atoms with Gasteiger partial charge in [0.15, 0.2) is 0 Å². The molecule has 2 heterocycles. The van der Waals surface area contributed by atoms with E-state index < -0.39 is 12.1 Å². The fourth-order valence-electron chi connectivity index (χ4n) is 3.81. The maximum absolute atomic E-state index is 12.8. The van der Waals surface area contributed by atoms with Crippen LogP contribution in [0.5, 0.6) is 0 Å². The van der Waals surface area contributed by atoms with Crippen LogP contribution in [-0.2, 0) is 9.59 Å². The lowest BCUT2D eigenvalue weighted by Gasteiger charge is -2.50. The minimum atomic E-state index is -0.468. The van der Waals surface area contributed by atoms with Crippen LogP contribution in [0.2, 0.25) is 0 Å². The van der Waals surface area contributed by atoms with Crippen LogP contribution in [0.1, 0.15) is 24.5 Å². The highest BCUT2D eigenvalue weighted by Gasteiger charge is 2.50. The van der Waals surface area contributed by atoms with Crippen LogP contribution < -0.4 is 16.0 Å². The van der Waals surface area contributed by atoms with Gasteiger partial charge in [-0.1, -0.05) is 24.6 Å². The Hall–Kier alpha value is -2.10. The Labute approximate surface area is 175 Å². The number of nitrogens with one attached hydrogen (secondary N) is 3. The number of aryl methyl sites for hydroxylation is 2. The molecular formula is C20H29N5O3S. The summed E-state index contributed by atoms with van der Waals surface area (Å²) in [6.45, 7) is 6.00. The number of benzene rings is 1. The van der Waals surface area contributed by atoms with Crippen LogP contribution in [0.3, 0.4) is 0 Å². The van der Waals surface area contributed by atoms with Gasteiger partial charge in [0.2, 0.25) is 11.8 Å². The molecule has 2 saturated heterocycles. The molecule has 8 nitrogen and oxygen atoms in total. The zero-order valence-electron chi connectivity index (χ0n) is 17.5. The summed E-state index contributed by atoms with van der Waals surface area (Å²) in [5.74, 6) is -0.614. The zero-order chi connectivity index (χ0) is 21.3. The molecule has 2 fully saturated rings. The summed E-state index contributed by atoms with van der Waals surface area (Å²) in [6, 6.07) is 5.57. The molecule has 3 rings (SSSR count). The second-order valence-corrected chi connectivity index (χ2v) is 8.78. The molecule has 0 spiro atoms. The van der Waals surface area contributed by atoms with Crippen LogP contribution >= 0.6 is 11.8 Å². The molecule has 0 aromatic heterocycles. The molecule has 29 heavy (non-hydrogen) atoms. The van der Waals surface area contributed by atoms with Gasteiger partial charge in [0.25, 0.3) is 0 Å². The summed E-state index contributed by atoms with van der Waals surface area (Å²) in [6.07, 6.45) is 0.362. The van der Waals surface area contributed by atoms with Crippen molar-refractivity contribution in [1.29, 1.82) is 0 Å². The molecular weight excluding hydrogens is 390 g/mol. The van der Waals surface area contributed by atoms with E-state index in [1.165, 1.54) is 18.8 Å². The van der Waals surface area contributed by atoms with Gasteiger partial charge in [-0.2, -0.15) is 0 Å². The number of amides is 4. The first-order valence-corrected chi connectivity index (χ1v) is 10.8. The molecule has 0 saturated carbocycles. The average Bonchev–Trinajstić information content (AvgIpc) is 2.70. The van der Waals surface area contributed by atoms with Crippen molar-refractivity contribution in [2.45, 2.75) is 44.9 Å². The number of rotatable bonds is 5. The van der Waals surface area contributed by atoms with E-state index in [4.69, 9.17) is 0 Å². The van der Waals surface area contributed by atoms with E-state index in [1.807, 2.05) is 39.0 Å². The number of fused-ring (bicyclic) bond motifs is 1. The maximum atomic E-state index is 12.8. The third kappa shape index (κ3) is 4.41. The highest BCUT2D eigenvalue weighted by molar-refractivity contribution is 8.00. The smallest absolute Gasteiger partial charge is 0.325 e. The van der Waals surface area contributed by atoms with Crippen molar-refractivity contribution in [3.63, 3.8) is 0 Å². The lowest BCUT2D eigenvalue weighted by Crippen LogP contribution is -2.74. The van der Waals surface area contributed by atoms with E-state index in [-0.39, 0.29) is 35.1 Å². The standard InChI is InChI=1S/C20H29N5O3S/c1-6-14-22-17-16(19(27)25(5)20(28)24(17)4)18(23-14)29-10-15(26)21-13-8-7-11(2)9-12(13)3/h7-9,14,16-18,22-23H,6,10H2,1-5H3,(H,21,26). The maximum Gasteiger partial charge on any atom is 0.327 e. The second-order valence-electron chi connectivity index (χ2n) is 7.65. The van der Waals surface area contributed by atoms with E-state index in [9.17, 15) is 14.4 Å². The van der Waals surface area contributed by atoms with Crippen LogP contribution in [-0.4, -0.2) is 65.2 Å². The molecule has 4 unspecified atom stereocenters. The minimum absolute atomic E-state index is 0.0392. The molecule has 1 aromatic rings. The molecule has 0 aliphatic carbocycles. The van der Waals surface area contributed by atoms with Gasteiger partial charge < -0.3 is 10.2 Å². The number of imide groups is 1. The van der Waals surface area contributed by atoms with Crippen molar-refractivity contribution in [2.75, 3.05) is 25.2 Å². The van der Waals surface area contributed by atoms with Crippen LogP contribution in [0.4, 0.5) is 10.5 Å². The number of anilines is 1. The Balaban J connectivity index is 1.70. The van der Waals surface area contributed by atoms with Crippen molar-refractivity contribution in [3.05, 3.63) is 29.3 Å². The summed E-state index contributed by atoms with van der Waals surface area (Å²) >= 11 is 1.40. The summed E-state index contributed by atoms with van der Waals surface area (Å²) in [5, 5.41) is 9.42. The Morgan fingerprint density at radius 1 is 1.21 bits per heavy atom. The summed E-state index contributed by atoms with van der Waals surface area (Å²) < 4.78 is 0. The van der Waals surface area contributed by atoms with Gasteiger partial charge in [-0.15, -0.1) is 11.8 Å². The lowest BCUT2D eigenvalue weighted by atomic mass is 9.97. The normalized spacial score (nSPS) is 27.1. The Bertz CT molecular complexity index is 817. The predicted octanol–water partition coefficient (Wildman–Crippen LogP) is 1.70. The van der Waals surface area contributed by atoms with Gasteiger partial charge in [0.05, 0.1) is 29.4 Å². The van der Waals surface area contributed by atoms with E-state index in [0.717, 1.165) is 28.1 Å². The van der Waals surface area contributed by atoms with Crippen LogP contribution in [0.15, 0.2) is 18.2 Å². The fraction of sp³-hybridized carbons (Fsp3) is 0.550. The van der Waals surface area contributed by atoms with Gasteiger partial charge in [-0.3, -0.25) is 25.1 Å². The highest BCUT2D eigenvalue weighted by Crippen LogP contribution is 2.31. The summed E-state index contributed by atoms with van der Waals surface area (Å²) in [4.78, 5) is 40.4. The largest absolute Gasteiger partial charge is 0.327 e. The predicted molar refractivity (Wildman–Crippen MR) is 114 cm³/mol. The average molecular weight is 420 g/mol.